The molecule has 3 aliphatic heterocycles. The minimum Gasteiger partial charge on any atom is -0.445 e. The number of benzene rings is 5. The predicted molar refractivity (Wildman–Crippen MR) is 225 cm³/mol. The molecule has 3 heterocycles. The predicted octanol–water partition coefficient (Wildman–Crippen LogP) is 7.58. The molecule has 0 bridgehead atoms. The molecule has 3 fully saturated rings. The van der Waals surface area contributed by atoms with Crippen molar-refractivity contribution in [1.82, 2.24) is 15.1 Å². The zero-order valence-electron chi connectivity index (χ0n) is 33.1. The molecule has 0 spiro atoms. The molecule has 3 saturated heterocycles. The molecule has 0 aliphatic carbocycles. The number of carbonyl (C=O) groups excluding carboxylic acids is 3. The van der Waals surface area contributed by atoms with Gasteiger partial charge >= 0.3 is 6.09 Å². The summed E-state index contributed by atoms with van der Waals surface area (Å²) in [6.07, 6.45) is -0.0478. The topological polar surface area (TPSA) is 138 Å². The lowest BCUT2D eigenvalue weighted by molar-refractivity contribution is -0.253. The summed E-state index contributed by atoms with van der Waals surface area (Å²) in [5.41, 5.74) is 6.11. The van der Waals surface area contributed by atoms with Crippen molar-refractivity contribution in [2.75, 3.05) is 19.6 Å². The highest BCUT2D eigenvalue weighted by molar-refractivity contribution is 6.30. The zero-order chi connectivity index (χ0) is 41.6. The van der Waals surface area contributed by atoms with Crippen molar-refractivity contribution in [3.05, 3.63) is 166 Å². The van der Waals surface area contributed by atoms with Crippen molar-refractivity contribution < 1.29 is 38.8 Å². The first-order valence-corrected chi connectivity index (χ1v) is 20.7. The summed E-state index contributed by atoms with van der Waals surface area (Å²) in [6.45, 7) is 2.21. The van der Waals surface area contributed by atoms with Crippen molar-refractivity contribution in [1.29, 1.82) is 0 Å². The number of alkyl carbamates (subject to hydrolysis) is 1. The van der Waals surface area contributed by atoms with Crippen molar-refractivity contribution in [2.24, 2.45) is 0 Å². The van der Waals surface area contributed by atoms with Gasteiger partial charge in [0, 0.05) is 36.6 Å². The van der Waals surface area contributed by atoms with E-state index in [1.807, 2.05) is 127 Å². The van der Waals surface area contributed by atoms with Gasteiger partial charge in [-0.2, -0.15) is 0 Å². The Morgan fingerprint density at radius 2 is 1.50 bits per heavy atom. The Balaban J connectivity index is 0.912. The molecule has 4 atom stereocenters. The number of halogens is 1. The molecule has 11 nitrogen and oxygen atoms in total. The van der Waals surface area contributed by atoms with Crippen LogP contribution < -0.4 is 5.32 Å². The minimum atomic E-state index is -0.986. The first kappa shape index (κ1) is 41.3. The van der Waals surface area contributed by atoms with Gasteiger partial charge in [0.05, 0.1) is 37.4 Å². The number of carbonyl (C=O) groups is 3. The standard InChI is InChI=1S/C48H48ClN3O8/c49-40-19-17-39(18-20-40)48(57)21-23-51(24-22-48)29-41-26-43(36-11-9-32(30-53)10-12-36)60-46(59-41)37-15-13-35(14-16-37)38-8-4-7-34(25-38)28-52-44(54)27-42(45(52)55)50-47(56)58-31-33-5-2-1-3-6-33/h1-20,25,41-43,46,53,57H,21-24,26-31H2,(H,50,56). The number of aliphatic hydroxyl groups is 2. The number of ether oxygens (including phenoxy) is 3. The number of aliphatic hydroxyl groups excluding tert-OH is 1. The summed E-state index contributed by atoms with van der Waals surface area (Å²) in [5, 5.41) is 24.3. The van der Waals surface area contributed by atoms with Gasteiger partial charge in [-0.3, -0.25) is 14.5 Å². The Labute approximate surface area is 354 Å². The highest BCUT2D eigenvalue weighted by Crippen LogP contribution is 2.40. The van der Waals surface area contributed by atoms with E-state index in [1.165, 1.54) is 4.90 Å². The number of piperidine rings is 1. The van der Waals surface area contributed by atoms with Gasteiger partial charge in [-0.05, 0) is 70.0 Å². The van der Waals surface area contributed by atoms with Crippen LogP contribution in [0.2, 0.25) is 5.02 Å². The van der Waals surface area contributed by atoms with Crippen LogP contribution in [0.4, 0.5) is 4.79 Å². The average Bonchev–Trinajstić information content (AvgIpc) is 3.54. The van der Waals surface area contributed by atoms with Crippen LogP contribution in [0, 0.1) is 0 Å². The van der Waals surface area contributed by atoms with Crippen LogP contribution in [0.3, 0.4) is 0 Å². The molecule has 5 aromatic carbocycles. The second-order valence-electron chi connectivity index (χ2n) is 15.8. The molecule has 310 valence electrons. The molecular weight excluding hydrogens is 782 g/mol. The minimum absolute atomic E-state index is 0.0346. The fraction of sp³-hybridized carbons (Fsp3) is 0.312. The second-order valence-corrected chi connectivity index (χ2v) is 16.2. The van der Waals surface area contributed by atoms with Crippen LogP contribution in [-0.2, 0) is 49.2 Å². The van der Waals surface area contributed by atoms with E-state index in [1.54, 1.807) is 0 Å². The molecule has 12 heteroatoms. The van der Waals surface area contributed by atoms with Gasteiger partial charge in [0.15, 0.2) is 6.29 Å². The monoisotopic (exact) mass is 829 g/mol. The third kappa shape index (κ3) is 9.79. The molecule has 4 unspecified atom stereocenters. The smallest absolute Gasteiger partial charge is 0.408 e. The Hall–Kier alpha value is -5.40. The van der Waals surface area contributed by atoms with Crippen LogP contribution in [0.1, 0.15) is 71.5 Å². The Morgan fingerprint density at radius 3 is 2.22 bits per heavy atom. The van der Waals surface area contributed by atoms with Crippen LogP contribution in [0.5, 0.6) is 0 Å². The Kier molecular flexibility index (Phi) is 12.7. The van der Waals surface area contributed by atoms with Gasteiger partial charge < -0.3 is 34.6 Å². The Bertz CT molecular complexity index is 2260. The maximum Gasteiger partial charge on any atom is 0.408 e. The number of imide groups is 1. The molecular formula is C48H48ClN3O8. The van der Waals surface area contributed by atoms with E-state index in [-0.39, 0.29) is 44.3 Å². The maximum absolute atomic E-state index is 13.2. The lowest BCUT2D eigenvalue weighted by Crippen LogP contribution is -2.46. The molecule has 5 aromatic rings. The summed E-state index contributed by atoms with van der Waals surface area (Å²) < 4.78 is 18.5. The quantitative estimate of drug-likeness (QED) is 0.109. The van der Waals surface area contributed by atoms with Crippen molar-refractivity contribution in [3.63, 3.8) is 0 Å². The van der Waals surface area contributed by atoms with E-state index in [0.717, 1.165) is 57.6 Å². The van der Waals surface area contributed by atoms with E-state index >= 15 is 0 Å². The van der Waals surface area contributed by atoms with Gasteiger partial charge in [-0.15, -0.1) is 0 Å². The number of rotatable bonds is 12. The van der Waals surface area contributed by atoms with Gasteiger partial charge in [-0.1, -0.05) is 121 Å². The number of nitrogens with zero attached hydrogens (tertiary/aromatic N) is 2. The SMILES string of the molecule is O=C(NC1CC(=O)N(Cc2cccc(-c3ccc(C4OC(CN5CCC(O)(c6ccc(Cl)cc6)CC5)CC(c5ccc(CO)cc5)O4)cc3)c2)C1=O)OCc1ccccc1. The molecule has 3 amide bonds. The first-order valence-electron chi connectivity index (χ1n) is 20.3. The Morgan fingerprint density at radius 1 is 0.800 bits per heavy atom. The second kappa shape index (κ2) is 18.5. The van der Waals surface area contributed by atoms with E-state index in [4.69, 9.17) is 25.8 Å². The highest BCUT2D eigenvalue weighted by Gasteiger charge is 2.40. The molecule has 0 radical (unpaired) electrons. The summed E-state index contributed by atoms with van der Waals surface area (Å²) in [7, 11) is 0. The molecule has 3 aliphatic rings. The largest absolute Gasteiger partial charge is 0.445 e. The van der Waals surface area contributed by atoms with Crippen LogP contribution in [0.25, 0.3) is 11.1 Å². The molecule has 0 saturated carbocycles. The summed E-state index contributed by atoms with van der Waals surface area (Å²) >= 11 is 6.11. The normalized spacial score (nSPS) is 21.8. The average molecular weight is 830 g/mol. The van der Waals surface area contributed by atoms with Crippen LogP contribution in [0.15, 0.2) is 127 Å². The maximum atomic E-state index is 13.2. The van der Waals surface area contributed by atoms with Crippen molar-refractivity contribution >= 4 is 29.5 Å². The van der Waals surface area contributed by atoms with E-state index in [9.17, 15) is 24.6 Å². The van der Waals surface area contributed by atoms with Gasteiger partial charge in [0.25, 0.3) is 5.91 Å². The zero-order valence-corrected chi connectivity index (χ0v) is 33.9. The molecule has 0 aromatic heterocycles. The van der Waals surface area contributed by atoms with Crippen LogP contribution >= 0.6 is 11.6 Å². The summed E-state index contributed by atoms with van der Waals surface area (Å²) in [6, 6.07) is 39.2. The number of likely N-dealkylation sites (tertiary alicyclic amines) is 2. The van der Waals surface area contributed by atoms with Gasteiger partial charge in [0.2, 0.25) is 5.91 Å². The third-order valence-corrected chi connectivity index (χ3v) is 11.9. The lowest BCUT2D eigenvalue weighted by Gasteiger charge is -2.42. The van der Waals surface area contributed by atoms with Crippen LogP contribution in [-0.4, -0.2) is 69.7 Å². The van der Waals surface area contributed by atoms with E-state index in [2.05, 4.69) is 10.2 Å². The van der Waals surface area contributed by atoms with E-state index < -0.39 is 29.9 Å². The molecule has 60 heavy (non-hydrogen) atoms. The lowest BCUT2D eigenvalue weighted by atomic mass is 9.84. The van der Waals surface area contributed by atoms with E-state index in [0.29, 0.717) is 30.8 Å². The fourth-order valence-corrected chi connectivity index (χ4v) is 8.33. The summed E-state index contributed by atoms with van der Waals surface area (Å²) in [4.78, 5) is 42.1. The number of hydrogen-bond acceptors (Lipinski definition) is 9. The van der Waals surface area contributed by atoms with Gasteiger partial charge in [0.1, 0.15) is 12.6 Å². The van der Waals surface area contributed by atoms with Crippen molar-refractivity contribution in [3.8, 4) is 11.1 Å². The number of amides is 3. The molecule has 3 N–H and O–H groups in total. The highest BCUT2D eigenvalue weighted by atomic mass is 35.5. The number of nitrogens with one attached hydrogen (secondary N) is 1. The van der Waals surface area contributed by atoms with Crippen molar-refractivity contribution in [2.45, 2.75) is 75.6 Å². The summed E-state index contributed by atoms with van der Waals surface area (Å²) in [5.74, 6) is -0.837. The third-order valence-electron chi connectivity index (χ3n) is 11.7. The number of hydrogen-bond donors (Lipinski definition) is 3. The van der Waals surface area contributed by atoms with Gasteiger partial charge in [-0.25, -0.2) is 4.79 Å². The fourth-order valence-electron chi connectivity index (χ4n) is 8.21. The first-order chi connectivity index (χ1) is 29.1. The molecule has 8 rings (SSSR count).